The van der Waals surface area contributed by atoms with Crippen LogP contribution in [-0.2, 0) is 4.79 Å². The van der Waals surface area contributed by atoms with Gasteiger partial charge in [0.15, 0.2) is 0 Å². The van der Waals surface area contributed by atoms with Crippen LogP contribution in [0.3, 0.4) is 0 Å². The normalized spacial score (nSPS) is 16.1. The maximum Gasteiger partial charge on any atom is 0.329 e. The Morgan fingerprint density at radius 1 is 1.36 bits per heavy atom. The molecule has 5 nitrogen and oxygen atoms in total. The molecule has 1 aliphatic rings. The van der Waals surface area contributed by atoms with E-state index in [2.05, 4.69) is 10.3 Å². The Morgan fingerprint density at radius 3 is 2.59 bits per heavy atom. The molecule has 0 saturated heterocycles. The van der Waals surface area contributed by atoms with Gasteiger partial charge < -0.3 is 10.4 Å². The van der Waals surface area contributed by atoms with Gasteiger partial charge in [0, 0.05) is 0 Å². The van der Waals surface area contributed by atoms with Crippen LogP contribution in [0.25, 0.3) is 9.88 Å². The van der Waals surface area contributed by atoms with Gasteiger partial charge in [-0.2, -0.15) is 0 Å². The van der Waals surface area contributed by atoms with Crippen molar-refractivity contribution in [1.82, 2.24) is 10.3 Å². The second kappa shape index (κ2) is 5.64. The lowest BCUT2D eigenvalue weighted by molar-refractivity contribution is -0.148. The van der Waals surface area contributed by atoms with Gasteiger partial charge in [-0.1, -0.05) is 11.6 Å². The van der Waals surface area contributed by atoms with Gasteiger partial charge in [-0.3, -0.25) is 4.79 Å². The quantitative estimate of drug-likeness (QED) is 0.877. The first-order valence-electron chi connectivity index (χ1n) is 6.70. The maximum atomic E-state index is 12.4. The molecule has 0 bridgehead atoms. The summed E-state index contributed by atoms with van der Waals surface area (Å²) in [5, 5.41) is 12.7. The molecule has 0 radical (unpaired) electrons. The van der Waals surface area contributed by atoms with Crippen molar-refractivity contribution in [2.24, 2.45) is 0 Å². The highest BCUT2D eigenvalue weighted by atomic mass is 35.5. The number of amides is 1. The zero-order chi connectivity index (χ0) is 15.9. The van der Waals surface area contributed by atoms with Gasteiger partial charge in [-0.15, -0.1) is 22.7 Å². The fraction of sp³-hybridized carbons (Fsp3) is 0.357. The fourth-order valence-electron chi connectivity index (χ4n) is 2.34. The van der Waals surface area contributed by atoms with Crippen molar-refractivity contribution >= 4 is 46.2 Å². The lowest BCUT2D eigenvalue weighted by Gasteiger charge is -2.38. The van der Waals surface area contributed by atoms with Crippen LogP contribution in [0.4, 0.5) is 0 Å². The van der Waals surface area contributed by atoms with Crippen molar-refractivity contribution in [2.45, 2.75) is 31.7 Å². The molecular formula is C14H13ClN2O3S2. The van der Waals surface area contributed by atoms with E-state index in [-0.39, 0.29) is 5.91 Å². The summed E-state index contributed by atoms with van der Waals surface area (Å²) in [6.07, 6.45) is 1.76. The molecule has 2 N–H and O–H groups in total. The standard InChI is InChI=1S/C14H13ClN2O3S2/c1-7-10(11(18)17-14(13(19)20)5-2-6-14)22-12(16-7)8-3-4-9(15)21-8/h3-4H,2,5-6H2,1H3,(H,17,18)(H,19,20). The number of thiazole rings is 1. The number of carbonyl (C=O) groups excluding carboxylic acids is 1. The predicted molar refractivity (Wildman–Crippen MR) is 86.9 cm³/mol. The van der Waals surface area contributed by atoms with Crippen LogP contribution in [0, 0.1) is 6.92 Å². The van der Waals surface area contributed by atoms with Gasteiger partial charge in [0.05, 0.1) is 14.9 Å². The van der Waals surface area contributed by atoms with Gasteiger partial charge in [-0.05, 0) is 38.3 Å². The molecule has 0 atom stereocenters. The molecule has 1 aliphatic carbocycles. The van der Waals surface area contributed by atoms with Crippen molar-refractivity contribution in [2.75, 3.05) is 0 Å². The number of nitrogens with zero attached hydrogens (tertiary/aromatic N) is 1. The summed E-state index contributed by atoms with van der Waals surface area (Å²) in [6.45, 7) is 1.75. The third-order valence-electron chi connectivity index (χ3n) is 3.76. The molecule has 1 fully saturated rings. The first-order chi connectivity index (χ1) is 10.4. The number of carboxylic acid groups (broad SMARTS) is 1. The highest BCUT2D eigenvalue weighted by Crippen LogP contribution is 2.36. The van der Waals surface area contributed by atoms with E-state index in [1.54, 1.807) is 13.0 Å². The minimum atomic E-state index is -1.11. The highest BCUT2D eigenvalue weighted by molar-refractivity contribution is 7.24. The van der Waals surface area contributed by atoms with E-state index in [0.29, 0.717) is 27.7 Å². The average Bonchev–Trinajstić information content (AvgIpc) is 2.99. The van der Waals surface area contributed by atoms with E-state index >= 15 is 0 Å². The zero-order valence-corrected chi connectivity index (χ0v) is 14.1. The van der Waals surface area contributed by atoms with Crippen LogP contribution >= 0.6 is 34.3 Å². The van der Waals surface area contributed by atoms with E-state index in [0.717, 1.165) is 16.3 Å². The molecule has 0 aliphatic heterocycles. The molecule has 2 heterocycles. The van der Waals surface area contributed by atoms with E-state index in [1.165, 1.54) is 22.7 Å². The van der Waals surface area contributed by atoms with Crippen LogP contribution in [0.15, 0.2) is 12.1 Å². The summed E-state index contributed by atoms with van der Waals surface area (Å²) in [6, 6.07) is 3.64. The molecule has 116 valence electrons. The maximum absolute atomic E-state index is 12.4. The van der Waals surface area contributed by atoms with Gasteiger partial charge in [0.25, 0.3) is 5.91 Å². The molecule has 0 spiro atoms. The van der Waals surface area contributed by atoms with Crippen molar-refractivity contribution in [3.8, 4) is 9.88 Å². The van der Waals surface area contributed by atoms with Crippen molar-refractivity contribution in [3.63, 3.8) is 0 Å². The molecule has 3 rings (SSSR count). The second-order valence-electron chi connectivity index (χ2n) is 5.23. The number of nitrogens with one attached hydrogen (secondary N) is 1. The van der Waals surface area contributed by atoms with Crippen molar-refractivity contribution in [1.29, 1.82) is 0 Å². The summed E-state index contributed by atoms with van der Waals surface area (Å²) in [7, 11) is 0. The summed E-state index contributed by atoms with van der Waals surface area (Å²) in [5.74, 6) is -1.34. The minimum Gasteiger partial charge on any atom is -0.480 e. The van der Waals surface area contributed by atoms with Gasteiger partial charge in [0.1, 0.15) is 15.4 Å². The molecule has 0 aromatic carbocycles. The number of rotatable bonds is 4. The Morgan fingerprint density at radius 2 is 2.09 bits per heavy atom. The Balaban J connectivity index is 1.84. The topological polar surface area (TPSA) is 79.3 Å². The Labute approximate surface area is 140 Å². The molecular weight excluding hydrogens is 344 g/mol. The molecule has 2 aromatic rings. The molecule has 1 amide bonds. The average molecular weight is 357 g/mol. The number of aromatic nitrogens is 1. The number of thiophene rings is 1. The summed E-state index contributed by atoms with van der Waals surface area (Å²) < 4.78 is 0.660. The first kappa shape index (κ1) is 15.5. The lowest BCUT2D eigenvalue weighted by atomic mass is 9.76. The first-order valence-corrected chi connectivity index (χ1v) is 8.71. The van der Waals surface area contributed by atoms with Crippen LogP contribution in [0.2, 0.25) is 4.34 Å². The van der Waals surface area contributed by atoms with E-state index < -0.39 is 11.5 Å². The minimum absolute atomic E-state index is 0.369. The van der Waals surface area contributed by atoms with Crippen LogP contribution in [0.5, 0.6) is 0 Å². The zero-order valence-electron chi connectivity index (χ0n) is 11.7. The van der Waals surface area contributed by atoms with Crippen LogP contribution < -0.4 is 5.32 Å². The largest absolute Gasteiger partial charge is 0.480 e. The van der Waals surface area contributed by atoms with Crippen molar-refractivity contribution < 1.29 is 14.7 Å². The number of carbonyl (C=O) groups is 2. The van der Waals surface area contributed by atoms with Crippen molar-refractivity contribution in [3.05, 3.63) is 27.0 Å². The van der Waals surface area contributed by atoms with E-state index in [4.69, 9.17) is 11.6 Å². The number of aliphatic carboxylic acids is 1. The molecule has 1 saturated carbocycles. The monoisotopic (exact) mass is 356 g/mol. The number of aryl methyl sites for hydroxylation is 1. The summed E-state index contributed by atoms with van der Waals surface area (Å²) in [5.41, 5.74) is -0.512. The number of carboxylic acids is 1. The Bertz CT molecular complexity index is 749. The van der Waals surface area contributed by atoms with Gasteiger partial charge in [-0.25, -0.2) is 9.78 Å². The van der Waals surface area contributed by atoms with Gasteiger partial charge >= 0.3 is 5.97 Å². The number of hydrogen-bond acceptors (Lipinski definition) is 5. The SMILES string of the molecule is Cc1nc(-c2ccc(Cl)s2)sc1C(=O)NC1(C(=O)O)CCC1. The molecule has 22 heavy (non-hydrogen) atoms. The fourth-order valence-corrected chi connectivity index (χ4v) is 4.40. The summed E-state index contributed by atoms with van der Waals surface area (Å²) in [4.78, 5) is 29.5. The third kappa shape index (κ3) is 2.64. The van der Waals surface area contributed by atoms with E-state index in [9.17, 15) is 14.7 Å². The predicted octanol–water partition coefficient (Wildman–Crippen LogP) is 3.57. The Hall–Kier alpha value is -1.44. The highest BCUT2D eigenvalue weighted by Gasteiger charge is 2.46. The molecule has 0 unspecified atom stereocenters. The second-order valence-corrected chi connectivity index (χ2v) is 7.95. The van der Waals surface area contributed by atoms with E-state index in [1.807, 2.05) is 6.07 Å². The third-order valence-corrected chi connectivity index (χ3v) is 6.31. The van der Waals surface area contributed by atoms with Crippen LogP contribution in [0.1, 0.15) is 34.6 Å². The lowest BCUT2D eigenvalue weighted by Crippen LogP contribution is -2.59. The molecule has 2 aromatic heterocycles. The number of hydrogen-bond donors (Lipinski definition) is 2. The van der Waals surface area contributed by atoms with Crippen LogP contribution in [-0.4, -0.2) is 27.5 Å². The Kier molecular flexibility index (Phi) is 3.96. The van der Waals surface area contributed by atoms with Gasteiger partial charge in [0.2, 0.25) is 0 Å². The smallest absolute Gasteiger partial charge is 0.329 e. The summed E-state index contributed by atoms with van der Waals surface area (Å²) >= 11 is 8.57. The number of halogens is 1. The molecule has 8 heteroatoms.